The molecular weight excluding hydrogens is 431 g/mol. The monoisotopic (exact) mass is 452 g/mol. The summed E-state index contributed by atoms with van der Waals surface area (Å²) >= 11 is 0. The number of rotatable bonds is 6. The summed E-state index contributed by atoms with van der Waals surface area (Å²) in [6, 6.07) is 11.7. The van der Waals surface area contributed by atoms with Crippen LogP contribution in [0.5, 0.6) is 11.5 Å². The van der Waals surface area contributed by atoms with Gasteiger partial charge in [0.05, 0.1) is 18.2 Å². The van der Waals surface area contributed by atoms with Crippen molar-refractivity contribution >= 4 is 23.5 Å². The van der Waals surface area contributed by atoms with E-state index < -0.39 is 35.7 Å². The molecule has 2 aromatic carbocycles. The number of hydrogen-bond donors (Lipinski definition) is 1. The van der Waals surface area contributed by atoms with E-state index in [1.807, 2.05) is 6.07 Å². The number of imide groups is 1. The van der Waals surface area contributed by atoms with E-state index in [0.717, 1.165) is 9.80 Å². The van der Waals surface area contributed by atoms with Crippen molar-refractivity contribution in [3.63, 3.8) is 0 Å². The van der Waals surface area contributed by atoms with E-state index >= 15 is 0 Å². The lowest BCUT2D eigenvalue weighted by atomic mass is 9.91. The molecule has 4 rings (SSSR count). The molecule has 1 N–H and O–H groups in total. The highest BCUT2D eigenvalue weighted by Gasteiger charge is 2.50. The highest BCUT2D eigenvalue weighted by Crippen LogP contribution is 2.37. The molecule has 33 heavy (non-hydrogen) atoms. The minimum Gasteiger partial charge on any atom is -0.486 e. The second kappa shape index (κ2) is 8.78. The Morgan fingerprint density at radius 3 is 2.67 bits per heavy atom. The van der Waals surface area contributed by atoms with Gasteiger partial charge in [0.1, 0.15) is 31.1 Å². The number of carbonyl (C=O) groups is 3. The van der Waals surface area contributed by atoms with Gasteiger partial charge in [-0.25, -0.2) is 9.18 Å². The van der Waals surface area contributed by atoms with E-state index in [2.05, 4.69) is 5.32 Å². The quantitative estimate of drug-likeness (QED) is 0.674. The van der Waals surface area contributed by atoms with Gasteiger partial charge in [-0.1, -0.05) is 18.2 Å². The van der Waals surface area contributed by atoms with Gasteiger partial charge in [0.25, 0.3) is 5.91 Å². The summed E-state index contributed by atoms with van der Waals surface area (Å²) in [7, 11) is 0. The van der Waals surface area contributed by atoms with Crippen LogP contribution in [0.3, 0.4) is 0 Å². The molecule has 0 bridgehead atoms. The summed E-state index contributed by atoms with van der Waals surface area (Å²) in [5.74, 6) is -0.979. The molecule has 4 amide bonds. The predicted octanol–water partition coefficient (Wildman–Crippen LogP) is 2.31. The zero-order valence-corrected chi connectivity index (χ0v) is 17.8. The van der Waals surface area contributed by atoms with Gasteiger partial charge in [-0.15, -0.1) is 0 Å². The maximum atomic E-state index is 14.3. The number of halogens is 1. The van der Waals surface area contributed by atoms with Gasteiger partial charge in [0, 0.05) is 6.54 Å². The molecule has 9 nitrogen and oxygen atoms in total. The molecule has 1 unspecified atom stereocenters. The summed E-state index contributed by atoms with van der Waals surface area (Å²) < 4.78 is 25.4. The van der Waals surface area contributed by atoms with E-state index in [0.29, 0.717) is 30.3 Å². The first-order valence-electron chi connectivity index (χ1n) is 10.3. The van der Waals surface area contributed by atoms with Gasteiger partial charge in [-0.2, -0.15) is 5.26 Å². The number of carbonyl (C=O) groups excluding carboxylic acids is 3. The molecule has 2 aromatic rings. The summed E-state index contributed by atoms with van der Waals surface area (Å²) in [5.41, 5.74) is -0.988. The van der Waals surface area contributed by atoms with E-state index in [4.69, 9.17) is 14.7 Å². The van der Waals surface area contributed by atoms with Crippen LogP contribution in [0.1, 0.15) is 18.9 Å². The Labute approximate surface area is 189 Å². The maximum absolute atomic E-state index is 14.3. The van der Waals surface area contributed by atoms with Crippen molar-refractivity contribution in [3.05, 3.63) is 53.8 Å². The van der Waals surface area contributed by atoms with Gasteiger partial charge in [0.15, 0.2) is 11.5 Å². The molecule has 0 radical (unpaired) electrons. The van der Waals surface area contributed by atoms with Crippen molar-refractivity contribution in [3.8, 4) is 17.6 Å². The van der Waals surface area contributed by atoms with E-state index in [9.17, 15) is 18.8 Å². The Kier molecular flexibility index (Phi) is 5.87. The molecule has 1 atom stereocenters. The van der Waals surface area contributed by atoms with Gasteiger partial charge >= 0.3 is 6.03 Å². The maximum Gasteiger partial charge on any atom is 0.325 e. The lowest BCUT2D eigenvalue weighted by Crippen LogP contribution is -2.45. The molecule has 0 spiro atoms. The van der Waals surface area contributed by atoms with Crippen LogP contribution >= 0.6 is 0 Å². The molecule has 1 saturated heterocycles. The van der Waals surface area contributed by atoms with Gasteiger partial charge in [-0.3, -0.25) is 14.5 Å². The predicted molar refractivity (Wildman–Crippen MR) is 114 cm³/mol. The largest absolute Gasteiger partial charge is 0.486 e. The van der Waals surface area contributed by atoms with Crippen LogP contribution in [0.15, 0.2) is 42.5 Å². The van der Waals surface area contributed by atoms with E-state index in [-0.39, 0.29) is 18.7 Å². The normalized spacial score (nSPS) is 19.1. The lowest BCUT2D eigenvalue weighted by Gasteiger charge is -2.26. The molecule has 2 aliphatic rings. The number of ether oxygens (including phenoxy) is 2. The SMILES string of the molecule is CC1(c2ccc3c(c2)OCCO3)NC(=O)N(CC(=O)N(CCC#N)c2ccccc2F)C1=O. The van der Waals surface area contributed by atoms with Crippen LogP contribution in [0.2, 0.25) is 0 Å². The highest BCUT2D eigenvalue weighted by atomic mass is 19.1. The number of hydrogen-bond acceptors (Lipinski definition) is 6. The molecule has 2 aliphatic heterocycles. The zero-order valence-electron chi connectivity index (χ0n) is 17.8. The molecule has 1 fully saturated rings. The molecule has 10 heteroatoms. The van der Waals surface area contributed by atoms with Crippen LogP contribution in [-0.4, -0.2) is 49.0 Å². The second-order valence-electron chi connectivity index (χ2n) is 7.71. The average molecular weight is 452 g/mol. The van der Waals surface area contributed by atoms with Crippen molar-refractivity contribution in [1.82, 2.24) is 10.2 Å². The Balaban J connectivity index is 1.57. The van der Waals surface area contributed by atoms with Crippen molar-refractivity contribution in [2.75, 3.05) is 31.2 Å². The number of para-hydroxylation sites is 1. The van der Waals surface area contributed by atoms with Crippen LogP contribution in [0.4, 0.5) is 14.9 Å². The molecule has 0 aromatic heterocycles. The number of fused-ring (bicyclic) bond motifs is 1. The van der Waals surface area contributed by atoms with Crippen molar-refractivity contribution in [2.45, 2.75) is 18.9 Å². The van der Waals surface area contributed by atoms with Gasteiger partial charge < -0.3 is 19.7 Å². The van der Waals surface area contributed by atoms with Gasteiger partial charge in [-0.05, 0) is 36.8 Å². The Morgan fingerprint density at radius 1 is 1.21 bits per heavy atom. The number of benzene rings is 2. The number of urea groups is 1. The zero-order chi connectivity index (χ0) is 23.6. The Hall–Kier alpha value is -4.13. The van der Waals surface area contributed by atoms with Gasteiger partial charge in [0.2, 0.25) is 5.91 Å². The molecule has 0 aliphatic carbocycles. The van der Waals surface area contributed by atoms with Crippen molar-refractivity contribution < 1.29 is 28.2 Å². The van der Waals surface area contributed by atoms with Crippen LogP contribution in [0, 0.1) is 17.1 Å². The number of nitrogens with zero attached hydrogens (tertiary/aromatic N) is 3. The third kappa shape index (κ3) is 4.05. The average Bonchev–Trinajstić information content (AvgIpc) is 3.04. The number of anilines is 1. The molecular formula is C23H21FN4O5. The number of nitriles is 1. The number of amides is 4. The Morgan fingerprint density at radius 2 is 1.94 bits per heavy atom. The van der Waals surface area contributed by atoms with Crippen molar-refractivity contribution in [1.29, 1.82) is 5.26 Å². The standard InChI is InChI=1S/C23H21FN4O5/c1-23(15-7-8-18-19(13-15)33-12-11-32-18)21(30)28(22(31)26-23)14-20(29)27(10-4-9-25)17-6-3-2-5-16(17)24/h2-3,5-8,13H,4,10-12,14H2,1H3,(H,26,31). The molecule has 0 saturated carbocycles. The van der Waals surface area contributed by atoms with Crippen LogP contribution in [0.25, 0.3) is 0 Å². The number of nitrogens with one attached hydrogen (secondary N) is 1. The minimum atomic E-state index is -1.43. The molecule has 2 heterocycles. The summed E-state index contributed by atoms with van der Waals surface area (Å²) in [5, 5.41) is 11.6. The smallest absolute Gasteiger partial charge is 0.325 e. The first kappa shape index (κ1) is 22.1. The summed E-state index contributed by atoms with van der Waals surface area (Å²) in [6.07, 6.45) is -0.0465. The topological polar surface area (TPSA) is 112 Å². The molecule has 170 valence electrons. The van der Waals surface area contributed by atoms with Crippen LogP contribution in [-0.2, 0) is 15.1 Å². The summed E-state index contributed by atoms with van der Waals surface area (Å²) in [6.45, 7) is 1.62. The fourth-order valence-corrected chi connectivity index (χ4v) is 3.82. The van der Waals surface area contributed by atoms with Crippen LogP contribution < -0.4 is 19.7 Å². The Bertz CT molecular complexity index is 1160. The minimum absolute atomic E-state index is 0.0283. The second-order valence-corrected chi connectivity index (χ2v) is 7.71. The summed E-state index contributed by atoms with van der Waals surface area (Å²) in [4.78, 5) is 40.8. The lowest BCUT2D eigenvalue weighted by molar-refractivity contribution is -0.134. The third-order valence-corrected chi connectivity index (χ3v) is 5.58. The first-order chi connectivity index (χ1) is 15.8. The fraction of sp³-hybridized carbons (Fsp3) is 0.304. The first-order valence-corrected chi connectivity index (χ1v) is 10.3. The van der Waals surface area contributed by atoms with E-state index in [1.54, 1.807) is 24.3 Å². The highest BCUT2D eigenvalue weighted by molar-refractivity contribution is 6.10. The van der Waals surface area contributed by atoms with E-state index in [1.165, 1.54) is 25.1 Å². The third-order valence-electron chi connectivity index (χ3n) is 5.58. The fourth-order valence-electron chi connectivity index (χ4n) is 3.82. The van der Waals surface area contributed by atoms with Crippen molar-refractivity contribution in [2.24, 2.45) is 0 Å².